The SMILES string of the molecule is O=C(NC1CCC2CN(Cc3cccc(C(F)(F)F)c3)CC21)C(c1ccccc1)c1ccccc1. The average molecular weight is 479 g/mol. The van der Waals surface area contributed by atoms with E-state index in [4.69, 9.17) is 0 Å². The minimum atomic E-state index is -4.33. The van der Waals surface area contributed by atoms with Crippen molar-refractivity contribution in [3.05, 3.63) is 107 Å². The molecule has 1 heterocycles. The van der Waals surface area contributed by atoms with Crippen LogP contribution in [0.2, 0.25) is 0 Å². The molecule has 1 N–H and O–H groups in total. The molecule has 0 aromatic heterocycles. The Hall–Kier alpha value is -3.12. The first-order valence-electron chi connectivity index (χ1n) is 12.2. The van der Waals surface area contributed by atoms with Crippen molar-refractivity contribution in [2.75, 3.05) is 13.1 Å². The van der Waals surface area contributed by atoms with Gasteiger partial charge in [0.25, 0.3) is 0 Å². The smallest absolute Gasteiger partial charge is 0.352 e. The summed E-state index contributed by atoms with van der Waals surface area (Å²) in [6.07, 6.45) is -2.37. The summed E-state index contributed by atoms with van der Waals surface area (Å²) in [5.41, 5.74) is 1.99. The molecule has 182 valence electrons. The van der Waals surface area contributed by atoms with E-state index in [0.717, 1.165) is 43.1 Å². The van der Waals surface area contributed by atoms with Crippen molar-refractivity contribution in [2.24, 2.45) is 11.8 Å². The van der Waals surface area contributed by atoms with E-state index in [0.29, 0.717) is 23.9 Å². The van der Waals surface area contributed by atoms with Crippen LogP contribution < -0.4 is 5.32 Å². The maximum Gasteiger partial charge on any atom is 0.416 e. The first-order valence-corrected chi connectivity index (χ1v) is 12.2. The van der Waals surface area contributed by atoms with Gasteiger partial charge in [0.05, 0.1) is 11.5 Å². The van der Waals surface area contributed by atoms with Gasteiger partial charge >= 0.3 is 6.18 Å². The van der Waals surface area contributed by atoms with Crippen molar-refractivity contribution < 1.29 is 18.0 Å². The fraction of sp³-hybridized carbons (Fsp3) is 0.345. The van der Waals surface area contributed by atoms with Crippen LogP contribution >= 0.6 is 0 Å². The Morgan fingerprint density at radius 1 is 0.886 bits per heavy atom. The third kappa shape index (κ3) is 5.27. The zero-order valence-electron chi connectivity index (χ0n) is 19.4. The van der Waals surface area contributed by atoms with Crippen LogP contribution in [0.5, 0.6) is 0 Å². The van der Waals surface area contributed by atoms with E-state index in [2.05, 4.69) is 10.2 Å². The molecule has 0 spiro atoms. The first kappa shape index (κ1) is 23.6. The second-order valence-electron chi connectivity index (χ2n) is 9.76. The number of rotatable bonds is 6. The number of benzene rings is 3. The fourth-order valence-electron chi connectivity index (χ4n) is 5.82. The Balaban J connectivity index is 1.27. The van der Waals surface area contributed by atoms with Crippen molar-refractivity contribution in [3.63, 3.8) is 0 Å². The van der Waals surface area contributed by atoms with E-state index in [1.54, 1.807) is 6.07 Å². The minimum absolute atomic E-state index is 0.00405. The van der Waals surface area contributed by atoms with Crippen LogP contribution in [0.1, 0.15) is 41.0 Å². The molecule has 3 aromatic rings. The van der Waals surface area contributed by atoms with E-state index in [1.807, 2.05) is 60.7 Å². The van der Waals surface area contributed by atoms with E-state index in [1.165, 1.54) is 12.1 Å². The molecule has 1 aliphatic heterocycles. The molecule has 1 aliphatic carbocycles. The largest absolute Gasteiger partial charge is 0.416 e. The summed E-state index contributed by atoms with van der Waals surface area (Å²) < 4.78 is 39.3. The molecular weight excluding hydrogens is 449 g/mol. The zero-order chi connectivity index (χ0) is 24.4. The minimum Gasteiger partial charge on any atom is -0.352 e. The molecule has 6 heteroatoms. The Bertz CT molecular complexity index is 1110. The van der Waals surface area contributed by atoms with E-state index in [9.17, 15) is 18.0 Å². The lowest BCUT2D eigenvalue weighted by atomic mass is 9.89. The van der Waals surface area contributed by atoms with E-state index in [-0.39, 0.29) is 17.9 Å². The van der Waals surface area contributed by atoms with Crippen LogP contribution in [0.15, 0.2) is 84.9 Å². The predicted molar refractivity (Wildman–Crippen MR) is 130 cm³/mol. The number of likely N-dealkylation sites (tertiary alicyclic amines) is 1. The van der Waals surface area contributed by atoms with Crippen LogP contribution in [-0.4, -0.2) is 29.9 Å². The van der Waals surface area contributed by atoms with Gasteiger partial charge in [-0.1, -0.05) is 78.9 Å². The summed E-state index contributed by atoms with van der Waals surface area (Å²) in [7, 11) is 0. The molecule has 0 bridgehead atoms. The number of nitrogens with zero attached hydrogens (tertiary/aromatic N) is 1. The highest BCUT2D eigenvalue weighted by Gasteiger charge is 2.43. The predicted octanol–water partition coefficient (Wildman–Crippen LogP) is 5.86. The third-order valence-corrected chi connectivity index (χ3v) is 7.45. The molecule has 1 saturated heterocycles. The number of hydrogen-bond donors (Lipinski definition) is 1. The summed E-state index contributed by atoms with van der Waals surface area (Å²) in [4.78, 5) is 15.8. The Morgan fingerprint density at radius 2 is 1.54 bits per heavy atom. The van der Waals surface area contributed by atoms with Gasteiger partial charge in [0.2, 0.25) is 5.91 Å². The van der Waals surface area contributed by atoms with Gasteiger partial charge < -0.3 is 5.32 Å². The maximum absolute atomic E-state index is 13.6. The van der Waals surface area contributed by atoms with Crippen molar-refractivity contribution in [1.82, 2.24) is 10.2 Å². The fourth-order valence-corrected chi connectivity index (χ4v) is 5.82. The van der Waals surface area contributed by atoms with Gasteiger partial charge in [0, 0.05) is 25.7 Å². The topological polar surface area (TPSA) is 32.3 Å². The highest BCUT2D eigenvalue weighted by atomic mass is 19.4. The number of hydrogen-bond acceptors (Lipinski definition) is 2. The molecule has 3 atom stereocenters. The molecule has 2 fully saturated rings. The third-order valence-electron chi connectivity index (χ3n) is 7.45. The summed E-state index contributed by atoms with van der Waals surface area (Å²) >= 11 is 0. The molecule has 3 nitrogen and oxygen atoms in total. The molecule has 35 heavy (non-hydrogen) atoms. The summed E-state index contributed by atoms with van der Waals surface area (Å²) in [6, 6.07) is 25.3. The van der Waals surface area contributed by atoms with Gasteiger partial charge in [-0.2, -0.15) is 13.2 Å². The second kappa shape index (κ2) is 9.86. The van der Waals surface area contributed by atoms with E-state index >= 15 is 0 Å². The first-order chi connectivity index (χ1) is 16.9. The molecule has 2 aliphatic rings. The number of halogens is 3. The number of fused-ring (bicyclic) bond motifs is 1. The Kier molecular flexibility index (Phi) is 6.65. The van der Waals surface area contributed by atoms with Crippen LogP contribution in [0.3, 0.4) is 0 Å². The highest BCUT2D eigenvalue weighted by molar-refractivity contribution is 5.87. The lowest BCUT2D eigenvalue weighted by Gasteiger charge is -2.25. The van der Waals surface area contributed by atoms with Crippen molar-refractivity contribution in [1.29, 1.82) is 0 Å². The Morgan fingerprint density at radius 3 is 2.17 bits per heavy atom. The lowest BCUT2D eigenvalue weighted by molar-refractivity contribution is -0.137. The molecule has 1 amide bonds. The van der Waals surface area contributed by atoms with Crippen LogP contribution in [0.4, 0.5) is 13.2 Å². The molecule has 0 radical (unpaired) electrons. The number of carbonyl (C=O) groups excluding carboxylic acids is 1. The van der Waals surface area contributed by atoms with Crippen molar-refractivity contribution in [3.8, 4) is 0 Å². The Labute approximate surface area is 204 Å². The maximum atomic E-state index is 13.6. The van der Waals surface area contributed by atoms with Crippen molar-refractivity contribution in [2.45, 2.75) is 37.5 Å². The van der Waals surface area contributed by atoms with Crippen LogP contribution in [0, 0.1) is 11.8 Å². The van der Waals surface area contributed by atoms with Gasteiger partial charge in [-0.05, 0) is 47.4 Å². The van der Waals surface area contributed by atoms with Crippen molar-refractivity contribution >= 4 is 5.91 Å². The summed E-state index contributed by atoms with van der Waals surface area (Å²) in [5.74, 6) is 0.401. The highest BCUT2D eigenvalue weighted by Crippen LogP contribution is 2.39. The summed E-state index contributed by atoms with van der Waals surface area (Å²) in [6.45, 7) is 2.13. The number of carbonyl (C=O) groups is 1. The second-order valence-corrected chi connectivity index (χ2v) is 9.76. The van der Waals surface area contributed by atoms with Gasteiger partial charge in [-0.3, -0.25) is 9.69 Å². The number of alkyl halides is 3. The quantitative estimate of drug-likeness (QED) is 0.481. The van der Waals surface area contributed by atoms with Crippen LogP contribution in [-0.2, 0) is 17.5 Å². The molecule has 3 unspecified atom stereocenters. The number of nitrogens with one attached hydrogen (secondary N) is 1. The zero-order valence-corrected chi connectivity index (χ0v) is 19.4. The van der Waals surface area contributed by atoms with Gasteiger partial charge in [-0.15, -0.1) is 0 Å². The standard InChI is InChI=1S/C29H29F3N2O/c30-29(31,32)24-13-7-8-20(16-24)17-34-18-23-14-15-26(25(23)19-34)33-28(35)27(21-9-3-1-4-10-21)22-11-5-2-6-12-22/h1-13,16,23,25-27H,14-15,17-19H2,(H,33,35). The molecule has 5 rings (SSSR count). The normalized spacial score (nSPS) is 22.3. The van der Waals surface area contributed by atoms with Gasteiger partial charge in [-0.25, -0.2) is 0 Å². The molecule has 3 aromatic carbocycles. The van der Waals surface area contributed by atoms with E-state index < -0.39 is 11.7 Å². The summed E-state index contributed by atoms with van der Waals surface area (Å²) in [5, 5.41) is 3.35. The monoisotopic (exact) mass is 478 g/mol. The molecule has 1 saturated carbocycles. The molecular formula is C29H29F3N2O. The number of amides is 1. The average Bonchev–Trinajstić information content (AvgIpc) is 3.41. The lowest BCUT2D eigenvalue weighted by Crippen LogP contribution is -2.42. The van der Waals surface area contributed by atoms with Gasteiger partial charge in [0.1, 0.15) is 0 Å². The van der Waals surface area contributed by atoms with Gasteiger partial charge in [0.15, 0.2) is 0 Å². The van der Waals surface area contributed by atoms with Crippen LogP contribution in [0.25, 0.3) is 0 Å².